The van der Waals surface area contributed by atoms with Gasteiger partial charge in [0, 0.05) is 11.7 Å². The van der Waals surface area contributed by atoms with Crippen LogP contribution in [-0.4, -0.2) is 23.5 Å². The average Bonchev–Trinajstić information content (AvgIpc) is 2.32. The van der Waals surface area contributed by atoms with Crippen LogP contribution in [0.3, 0.4) is 0 Å². The molecule has 0 saturated heterocycles. The summed E-state index contributed by atoms with van der Waals surface area (Å²) in [6.45, 7) is 4.12. The van der Waals surface area contributed by atoms with E-state index in [1.54, 1.807) is 18.2 Å². The minimum absolute atomic E-state index is 0.133. The van der Waals surface area contributed by atoms with Gasteiger partial charge in [0.05, 0.1) is 10.6 Å². The Labute approximate surface area is 117 Å². The maximum absolute atomic E-state index is 12.0. The molecule has 1 amide bonds. The van der Waals surface area contributed by atoms with Crippen molar-refractivity contribution in [3.05, 3.63) is 28.8 Å². The number of benzene rings is 1. The van der Waals surface area contributed by atoms with E-state index in [1.165, 1.54) is 0 Å². The highest BCUT2D eigenvalue weighted by Gasteiger charge is 2.13. The van der Waals surface area contributed by atoms with Crippen molar-refractivity contribution in [1.29, 1.82) is 0 Å². The SMILES string of the molecule is CCSCCC(C)NC(=O)c1cc(N)ccc1Cl. The van der Waals surface area contributed by atoms with Crippen molar-refractivity contribution in [2.24, 2.45) is 0 Å². The highest BCUT2D eigenvalue weighted by atomic mass is 35.5. The summed E-state index contributed by atoms with van der Waals surface area (Å²) in [6, 6.07) is 5.06. The van der Waals surface area contributed by atoms with Crippen molar-refractivity contribution in [2.45, 2.75) is 26.3 Å². The van der Waals surface area contributed by atoms with Crippen LogP contribution < -0.4 is 11.1 Å². The molecule has 0 spiro atoms. The second-order valence-electron chi connectivity index (χ2n) is 4.10. The second kappa shape index (κ2) is 7.54. The molecule has 0 aromatic heterocycles. The largest absolute Gasteiger partial charge is 0.399 e. The fourth-order valence-corrected chi connectivity index (χ4v) is 2.51. The number of amides is 1. The number of thioether (sulfide) groups is 1. The molecule has 0 bridgehead atoms. The molecule has 3 nitrogen and oxygen atoms in total. The van der Waals surface area contributed by atoms with Crippen molar-refractivity contribution < 1.29 is 4.79 Å². The van der Waals surface area contributed by atoms with Crippen LogP contribution >= 0.6 is 23.4 Å². The van der Waals surface area contributed by atoms with Crippen molar-refractivity contribution in [3.8, 4) is 0 Å². The molecule has 3 N–H and O–H groups in total. The first kappa shape index (κ1) is 15.2. The average molecular weight is 287 g/mol. The summed E-state index contributed by atoms with van der Waals surface area (Å²) in [5.74, 6) is 1.98. The fraction of sp³-hybridized carbons (Fsp3) is 0.462. The number of carbonyl (C=O) groups is 1. The van der Waals surface area contributed by atoms with E-state index in [9.17, 15) is 4.79 Å². The van der Waals surface area contributed by atoms with Crippen LogP contribution in [-0.2, 0) is 0 Å². The summed E-state index contributed by atoms with van der Waals surface area (Å²) in [4.78, 5) is 12.0. The van der Waals surface area contributed by atoms with Gasteiger partial charge in [0.25, 0.3) is 5.91 Å². The predicted octanol–water partition coefficient (Wildman–Crippen LogP) is 3.18. The Kier molecular flexibility index (Phi) is 6.36. The number of rotatable bonds is 6. The fourth-order valence-electron chi connectivity index (χ4n) is 1.50. The van der Waals surface area contributed by atoms with E-state index in [0.29, 0.717) is 16.3 Å². The molecule has 5 heteroatoms. The first-order valence-electron chi connectivity index (χ1n) is 5.98. The van der Waals surface area contributed by atoms with Gasteiger partial charge in [-0.1, -0.05) is 18.5 Å². The van der Waals surface area contributed by atoms with Gasteiger partial charge in [0.2, 0.25) is 0 Å². The van der Waals surface area contributed by atoms with Crippen molar-refractivity contribution in [2.75, 3.05) is 17.2 Å². The molecule has 0 heterocycles. The maximum atomic E-state index is 12.0. The summed E-state index contributed by atoms with van der Waals surface area (Å²) in [5, 5.41) is 3.36. The minimum Gasteiger partial charge on any atom is -0.399 e. The Hall–Kier alpha value is -0.870. The Morgan fingerprint density at radius 3 is 2.94 bits per heavy atom. The molecule has 18 heavy (non-hydrogen) atoms. The van der Waals surface area contributed by atoms with Crippen LogP contribution in [0.1, 0.15) is 30.6 Å². The predicted molar refractivity (Wildman–Crippen MR) is 80.4 cm³/mol. The van der Waals surface area contributed by atoms with Gasteiger partial charge >= 0.3 is 0 Å². The van der Waals surface area contributed by atoms with Gasteiger partial charge in [-0.25, -0.2) is 0 Å². The van der Waals surface area contributed by atoms with Crippen LogP contribution in [0.4, 0.5) is 5.69 Å². The lowest BCUT2D eigenvalue weighted by Crippen LogP contribution is -2.33. The van der Waals surface area contributed by atoms with Crippen LogP contribution in [0.2, 0.25) is 5.02 Å². The number of nitrogen functional groups attached to an aromatic ring is 1. The second-order valence-corrected chi connectivity index (χ2v) is 5.90. The van der Waals surface area contributed by atoms with E-state index in [0.717, 1.165) is 17.9 Å². The van der Waals surface area contributed by atoms with Gasteiger partial charge in [-0.15, -0.1) is 0 Å². The molecular formula is C13H19ClN2OS. The van der Waals surface area contributed by atoms with Gasteiger partial charge in [0.1, 0.15) is 0 Å². The summed E-state index contributed by atoms with van der Waals surface area (Å²) in [6.07, 6.45) is 0.949. The molecule has 0 aliphatic heterocycles. The molecule has 1 aromatic carbocycles. The molecule has 100 valence electrons. The number of nitrogens with two attached hydrogens (primary N) is 1. The lowest BCUT2D eigenvalue weighted by molar-refractivity contribution is 0.0939. The molecule has 1 atom stereocenters. The van der Waals surface area contributed by atoms with Gasteiger partial charge in [-0.05, 0) is 43.0 Å². The van der Waals surface area contributed by atoms with Crippen LogP contribution in [0.5, 0.6) is 0 Å². The van der Waals surface area contributed by atoms with Gasteiger partial charge in [-0.3, -0.25) is 4.79 Å². The number of nitrogens with one attached hydrogen (secondary N) is 1. The lowest BCUT2D eigenvalue weighted by Gasteiger charge is -2.14. The van der Waals surface area contributed by atoms with E-state index >= 15 is 0 Å². The van der Waals surface area contributed by atoms with Crippen LogP contribution in [0.15, 0.2) is 18.2 Å². The zero-order valence-corrected chi connectivity index (χ0v) is 12.3. The smallest absolute Gasteiger partial charge is 0.253 e. The Bertz CT molecular complexity index is 412. The first-order valence-corrected chi connectivity index (χ1v) is 7.51. The van der Waals surface area contributed by atoms with Crippen LogP contribution in [0, 0.1) is 0 Å². The standard InChI is InChI=1S/C13H19ClN2OS/c1-3-18-7-6-9(2)16-13(17)11-8-10(15)4-5-12(11)14/h4-5,8-9H,3,6-7,15H2,1-2H3,(H,16,17). The number of hydrogen-bond acceptors (Lipinski definition) is 3. The summed E-state index contributed by atoms with van der Waals surface area (Å²) in [7, 11) is 0. The zero-order chi connectivity index (χ0) is 13.5. The van der Waals surface area contributed by atoms with Gasteiger partial charge < -0.3 is 11.1 Å². The zero-order valence-electron chi connectivity index (χ0n) is 10.7. The van der Waals surface area contributed by atoms with E-state index in [1.807, 2.05) is 18.7 Å². The maximum Gasteiger partial charge on any atom is 0.253 e. The molecule has 0 saturated carbocycles. The minimum atomic E-state index is -0.165. The Morgan fingerprint density at radius 2 is 2.28 bits per heavy atom. The molecule has 0 aliphatic rings. The van der Waals surface area contributed by atoms with Crippen molar-refractivity contribution in [1.82, 2.24) is 5.32 Å². The molecule has 1 unspecified atom stereocenters. The molecule has 1 rings (SSSR count). The normalized spacial score (nSPS) is 12.2. The quantitative estimate of drug-likeness (QED) is 0.624. The molecule has 0 radical (unpaired) electrons. The Balaban J connectivity index is 2.56. The molecule has 0 aliphatic carbocycles. The van der Waals surface area contributed by atoms with E-state index in [4.69, 9.17) is 17.3 Å². The van der Waals surface area contributed by atoms with Crippen molar-refractivity contribution >= 4 is 35.0 Å². The highest BCUT2D eigenvalue weighted by Crippen LogP contribution is 2.19. The third-order valence-corrected chi connectivity index (χ3v) is 3.77. The number of anilines is 1. The topological polar surface area (TPSA) is 55.1 Å². The third kappa shape index (κ3) is 4.78. The number of hydrogen-bond donors (Lipinski definition) is 2. The van der Waals surface area contributed by atoms with Gasteiger partial charge in [0.15, 0.2) is 0 Å². The molecule has 1 aromatic rings. The van der Waals surface area contributed by atoms with Gasteiger partial charge in [-0.2, -0.15) is 11.8 Å². The molecule has 0 fully saturated rings. The summed E-state index contributed by atoms with van der Waals surface area (Å²) < 4.78 is 0. The van der Waals surface area contributed by atoms with E-state index in [-0.39, 0.29) is 11.9 Å². The monoisotopic (exact) mass is 286 g/mol. The van der Waals surface area contributed by atoms with Crippen molar-refractivity contribution in [3.63, 3.8) is 0 Å². The van der Waals surface area contributed by atoms with E-state index in [2.05, 4.69) is 12.2 Å². The Morgan fingerprint density at radius 1 is 1.56 bits per heavy atom. The number of halogens is 1. The highest BCUT2D eigenvalue weighted by molar-refractivity contribution is 7.99. The first-order chi connectivity index (χ1) is 8.54. The molecular weight excluding hydrogens is 268 g/mol. The summed E-state index contributed by atoms with van der Waals surface area (Å²) in [5.41, 5.74) is 6.63. The lowest BCUT2D eigenvalue weighted by atomic mass is 10.1. The third-order valence-electron chi connectivity index (χ3n) is 2.51. The van der Waals surface area contributed by atoms with E-state index < -0.39 is 0 Å². The summed E-state index contributed by atoms with van der Waals surface area (Å²) >= 11 is 7.85. The van der Waals surface area contributed by atoms with Crippen LogP contribution in [0.25, 0.3) is 0 Å². The number of carbonyl (C=O) groups excluding carboxylic acids is 1.